The van der Waals surface area contributed by atoms with Crippen LogP contribution in [0.5, 0.6) is 0 Å². The van der Waals surface area contributed by atoms with Gasteiger partial charge in [0.05, 0.1) is 24.4 Å². The Morgan fingerprint density at radius 3 is 2.26 bits per heavy atom. The molecule has 0 radical (unpaired) electrons. The first-order valence-corrected chi connectivity index (χ1v) is 24.2. The summed E-state index contributed by atoms with van der Waals surface area (Å²) in [6, 6.07) is -1.11. The number of cyclic esters (lactones) is 1. The molecule has 1 saturated carbocycles. The Labute approximate surface area is 388 Å². The molecular formula is C52H81NO12. The predicted octanol–water partition coefficient (Wildman–Crippen LogP) is 7.46. The lowest BCUT2D eigenvalue weighted by Gasteiger charge is -2.42. The van der Waals surface area contributed by atoms with Crippen LogP contribution in [0.1, 0.15) is 132 Å². The summed E-state index contributed by atoms with van der Waals surface area (Å²) in [5.41, 5.74) is 1.38. The summed E-state index contributed by atoms with van der Waals surface area (Å²) >= 11 is 0. The van der Waals surface area contributed by atoms with Gasteiger partial charge < -0.3 is 38.8 Å². The maximum absolute atomic E-state index is 14.4. The molecule has 3 fully saturated rings. The van der Waals surface area contributed by atoms with Crippen molar-refractivity contribution < 1.29 is 57.9 Å². The highest BCUT2D eigenvalue weighted by molar-refractivity contribution is 6.39. The Balaban J connectivity index is 1.70. The number of ether oxygens (including phenoxy) is 5. The van der Waals surface area contributed by atoms with Gasteiger partial charge in [-0.3, -0.25) is 19.2 Å². The lowest BCUT2D eigenvalue weighted by atomic mass is 9.78. The number of esters is 1. The molecule has 0 aromatic heterocycles. The molecule has 15 atom stereocenters. The largest absolute Gasteiger partial charge is 0.460 e. The van der Waals surface area contributed by atoms with E-state index in [1.54, 1.807) is 35.2 Å². The van der Waals surface area contributed by atoms with Gasteiger partial charge >= 0.3 is 5.97 Å². The third-order valence-corrected chi connectivity index (χ3v) is 14.9. The Hall–Kier alpha value is -3.33. The number of aliphatic hydroxyl groups excluding tert-OH is 1. The van der Waals surface area contributed by atoms with Gasteiger partial charge in [0.15, 0.2) is 11.6 Å². The molecular weight excluding hydrogens is 831 g/mol. The van der Waals surface area contributed by atoms with Gasteiger partial charge in [-0.15, -0.1) is 0 Å². The van der Waals surface area contributed by atoms with E-state index in [9.17, 15) is 34.2 Å². The lowest BCUT2D eigenvalue weighted by Crippen LogP contribution is -2.61. The number of carbonyl (C=O) groups excluding carboxylic acids is 5. The fourth-order valence-corrected chi connectivity index (χ4v) is 10.4. The van der Waals surface area contributed by atoms with Gasteiger partial charge in [0.2, 0.25) is 5.79 Å². The number of allylic oxidation sites excluding steroid dienone is 7. The van der Waals surface area contributed by atoms with E-state index in [1.807, 2.05) is 65.0 Å². The second-order valence-electron chi connectivity index (χ2n) is 20.0. The average molecular weight is 912 g/mol. The summed E-state index contributed by atoms with van der Waals surface area (Å²) in [7, 11) is 4.72. The molecule has 3 aliphatic heterocycles. The van der Waals surface area contributed by atoms with Crippen LogP contribution in [-0.2, 0) is 47.7 Å². The van der Waals surface area contributed by atoms with Crippen LogP contribution in [0.15, 0.2) is 47.6 Å². The number of fused-ring (bicyclic) bond motifs is 3. The van der Waals surface area contributed by atoms with E-state index in [2.05, 4.69) is 13.0 Å². The second-order valence-corrected chi connectivity index (χ2v) is 20.0. The van der Waals surface area contributed by atoms with Crippen LogP contribution in [0.25, 0.3) is 0 Å². The van der Waals surface area contributed by atoms with Gasteiger partial charge in [0, 0.05) is 52.6 Å². The van der Waals surface area contributed by atoms with E-state index in [4.69, 9.17) is 23.7 Å². The number of Topliss-reactive ketones (excluding diaryl/α,β-unsaturated/α-hetero) is 3. The highest BCUT2D eigenvalue weighted by Crippen LogP contribution is 2.38. The van der Waals surface area contributed by atoms with E-state index in [1.165, 1.54) is 4.90 Å². The molecule has 2 saturated heterocycles. The molecule has 5 unspecified atom stereocenters. The Bertz CT molecular complexity index is 1750. The number of hydrogen-bond acceptors (Lipinski definition) is 12. The number of amides is 1. The zero-order valence-corrected chi connectivity index (χ0v) is 41.2. The van der Waals surface area contributed by atoms with Gasteiger partial charge in [-0.1, -0.05) is 78.0 Å². The van der Waals surface area contributed by atoms with Crippen molar-refractivity contribution in [1.82, 2.24) is 4.90 Å². The summed E-state index contributed by atoms with van der Waals surface area (Å²) in [5, 5.41) is 22.4. The minimum absolute atomic E-state index is 0.00618. The number of methoxy groups -OCH3 is 3. The molecule has 13 heteroatoms. The number of hydrogen-bond donors (Lipinski definition) is 2. The fourth-order valence-electron chi connectivity index (χ4n) is 10.4. The van der Waals surface area contributed by atoms with Crippen LogP contribution in [0.3, 0.4) is 0 Å². The standard InChI is InChI=1S/C52H81NO12/c1-31-17-13-12-14-18-32(2)44(61-9)29-40-22-20-37(7)52(60,65-40)49(57)50(58)53-24-16-15-19-41(53)51(59)64-45(35(5)27-39-21-23-42(54)46(28-39)62-10)30-43(55)34(4)26-33(3)38(8)48(63-11)47(56)36(6)25-31/h12-14,17-18,26,31,33,35-42,44-46,48,54,60H,15-16,19-25,27-30H2,1-11H3/t31?,33?,35-,36-,37-,38-,39?,40?,41?,42-,44+,45+,46-,48-,52-/m1/s1. The molecule has 1 aliphatic carbocycles. The lowest BCUT2D eigenvalue weighted by molar-refractivity contribution is -0.265. The summed E-state index contributed by atoms with van der Waals surface area (Å²) in [6.07, 6.45) is 14.0. The summed E-state index contributed by atoms with van der Waals surface area (Å²) in [5.74, 6) is -6.94. The molecule has 0 aromatic rings. The zero-order valence-electron chi connectivity index (χ0n) is 41.2. The molecule has 4 rings (SSSR count). The topological polar surface area (TPSA) is 175 Å². The van der Waals surface area contributed by atoms with E-state index < -0.39 is 65.9 Å². The molecule has 2 N–H and O–H groups in total. The SMILES string of the molecule is CO[C@H]1CC2CC[C@@H](C)[C@@](O)(O2)C(=O)C(=O)N2CCCCC2C(=O)O[C@H]([C@H](C)CC2CC[C@@H](O)[C@H](OC)C2)CC(=O)C(C)=CC(C)[C@@H](C)[C@@H](OC)C(=O)[C@H](C)CC(C)C=CC=CC=C1C. The average Bonchev–Trinajstić information content (AvgIpc) is 3.28. The Morgan fingerprint density at radius 1 is 0.862 bits per heavy atom. The molecule has 1 amide bonds. The van der Waals surface area contributed by atoms with Crippen LogP contribution in [-0.4, -0.2) is 121 Å². The van der Waals surface area contributed by atoms with Gasteiger partial charge in [-0.25, -0.2) is 4.79 Å². The highest BCUT2D eigenvalue weighted by atomic mass is 16.6. The molecule has 65 heavy (non-hydrogen) atoms. The number of nitrogens with zero attached hydrogens (tertiary/aromatic N) is 1. The maximum atomic E-state index is 14.4. The van der Waals surface area contributed by atoms with Crippen molar-refractivity contribution in [2.45, 2.75) is 181 Å². The second kappa shape index (κ2) is 25.2. The summed E-state index contributed by atoms with van der Waals surface area (Å²) in [6.45, 7) is 15.3. The van der Waals surface area contributed by atoms with Crippen molar-refractivity contribution >= 4 is 29.2 Å². The molecule has 0 spiro atoms. The monoisotopic (exact) mass is 912 g/mol. The zero-order chi connectivity index (χ0) is 48.2. The van der Waals surface area contributed by atoms with E-state index in [-0.39, 0.29) is 72.6 Å². The van der Waals surface area contributed by atoms with Crippen molar-refractivity contribution in [2.75, 3.05) is 27.9 Å². The predicted molar refractivity (Wildman–Crippen MR) is 248 cm³/mol. The van der Waals surface area contributed by atoms with Gasteiger partial charge in [-0.2, -0.15) is 0 Å². The maximum Gasteiger partial charge on any atom is 0.329 e. The number of aliphatic hydroxyl groups is 2. The fraction of sp³-hybridized carbons (Fsp3) is 0.750. The van der Waals surface area contributed by atoms with Gasteiger partial charge in [-0.05, 0) is 119 Å². The molecule has 2 bridgehead atoms. The van der Waals surface area contributed by atoms with Crippen LogP contribution in [0, 0.1) is 41.4 Å². The molecule has 13 nitrogen and oxygen atoms in total. The van der Waals surface area contributed by atoms with Crippen molar-refractivity contribution in [3.05, 3.63) is 47.6 Å². The highest BCUT2D eigenvalue weighted by Gasteiger charge is 2.53. The van der Waals surface area contributed by atoms with Crippen LogP contribution >= 0.6 is 0 Å². The van der Waals surface area contributed by atoms with Crippen molar-refractivity contribution in [1.29, 1.82) is 0 Å². The summed E-state index contributed by atoms with van der Waals surface area (Å²) in [4.78, 5) is 72.1. The summed E-state index contributed by atoms with van der Waals surface area (Å²) < 4.78 is 29.7. The van der Waals surface area contributed by atoms with Crippen LogP contribution in [0.2, 0.25) is 0 Å². The third kappa shape index (κ3) is 14.3. The van der Waals surface area contributed by atoms with Crippen molar-refractivity contribution in [3.63, 3.8) is 0 Å². The Morgan fingerprint density at radius 2 is 1.58 bits per heavy atom. The Kier molecular flexibility index (Phi) is 21.0. The number of ketones is 3. The number of piperidine rings is 1. The normalized spacial score (nSPS) is 37.8. The van der Waals surface area contributed by atoms with Crippen LogP contribution in [0.4, 0.5) is 0 Å². The van der Waals surface area contributed by atoms with E-state index in [0.717, 1.165) is 12.0 Å². The van der Waals surface area contributed by atoms with Gasteiger partial charge in [0.1, 0.15) is 18.2 Å². The quantitative estimate of drug-likeness (QED) is 0.199. The molecule has 366 valence electrons. The van der Waals surface area contributed by atoms with Crippen LogP contribution < -0.4 is 0 Å². The molecule has 0 aromatic carbocycles. The minimum atomic E-state index is -2.41. The van der Waals surface area contributed by atoms with Gasteiger partial charge in [0.25, 0.3) is 11.7 Å². The third-order valence-electron chi connectivity index (χ3n) is 14.9. The first-order valence-electron chi connectivity index (χ1n) is 24.2. The van der Waals surface area contributed by atoms with E-state index in [0.29, 0.717) is 63.4 Å². The van der Waals surface area contributed by atoms with Crippen molar-refractivity contribution in [3.8, 4) is 0 Å². The molecule has 4 aliphatic rings. The first kappa shape index (κ1) is 54.3. The first-order chi connectivity index (χ1) is 30.7. The smallest absolute Gasteiger partial charge is 0.329 e. The van der Waals surface area contributed by atoms with Crippen molar-refractivity contribution in [2.24, 2.45) is 41.4 Å². The van der Waals surface area contributed by atoms with E-state index >= 15 is 0 Å². The minimum Gasteiger partial charge on any atom is -0.460 e. The number of carbonyl (C=O) groups is 5. The number of rotatable bonds is 6. The molecule has 3 heterocycles.